The molecule has 1 N–H and O–H groups in total. The van der Waals surface area contributed by atoms with E-state index in [4.69, 9.17) is 4.74 Å². The van der Waals surface area contributed by atoms with Crippen molar-refractivity contribution in [3.05, 3.63) is 0 Å². The first kappa shape index (κ1) is 14.4. The predicted molar refractivity (Wildman–Crippen MR) is 66.2 cm³/mol. The van der Waals surface area contributed by atoms with Crippen LogP contribution in [-0.2, 0) is 9.53 Å². The van der Waals surface area contributed by atoms with Crippen molar-refractivity contribution in [1.82, 2.24) is 9.80 Å². The van der Waals surface area contributed by atoms with Crippen LogP contribution in [0.15, 0.2) is 0 Å². The monoisotopic (exact) mass is 244 g/mol. The molecule has 0 radical (unpaired) electrons. The van der Waals surface area contributed by atoms with E-state index in [2.05, 4.69) is 11.9 Å². The van der Waals surface area contributed by atoms with Crippen molar-refractivity contribution in [2.75, 3.05) is 40.9 Å². The van der Waals surface area contributed by atoms with Crippen LogP contribution >= 0.6 is 0 Å². The summed E-state index contributed by atoms with van der Waals surface area (Å²) < 4.78 is 5.07. The van der Waals surface area contributed by atoms with Crippen molar-refractivity contribution in [1.29, 1.82) is 0 Å². The van der Waals surface area contributed by atoms with Crippen molar-refractivity contribution in [3.8, 4) is 0 Å². The third kappa shape index (κ3) is 3.18. The standard InChI is InChI=1S/C12H24N2O3/c1-12(9-17-4,11(15)16)14(3)10-5-7-13(2)8-6-10/h10H,5-9H2,1-4H3,(H,15,16). The van der Waals surface area contributed by atoms with Gasteiger partial charge in [-0.25, -0.2) is 0 Å². The minimum atomic E-state index is -0.935. The molecule has 0 spiro atoms. The topological polar surface area (TPSA) is 53.0 Å². The largest absolute Gasteiger partial charge is 0.480 e. The molecular formula is C12H24N2O3. The number of carboxylic acids is 1. The molecule has 0 saturated carbocycles. The Morgan fingerprint density at radius 3 is 2.47 bits per heavy atom. The van der Waals surface area contributed by atoms with Gasteiger partial charge in [0, 0.05) is 13.2 Å². The molecule has 1 atom stereocenters. The zero-order chi connectivity index (χ0) is 13.1. The summed E-state index contributed by atoms with van der Waals surface area (Å²) in [5.74, 6) is -0.819. The Morgan fingerprint density at radius 2 is 2.06 bits per heavy atom. The average Bonchev–Trinajstić information content (AvgIpc) is 2.29. The minimum absolute atomic E-state index is 0.213. The second-order valence-electron chi connectivity index (χ2n) is 5.16. The molecule has 0 aliphatic carbocycles. The lowest BCUT2D eigenvalue weighted by atomic mass is 9.95. The summed E-state index contributed by atoms with van der Waals surface area (Å²) in [6, 6.07) is 0.322. The number of carboxylic acid groups (broad SMARTS) is 1. The molecule has 17 heavy (non-hydrogen) atoms. The van der Waals surface area contributed by atoms with Crippen LogP contribution in [0.2, 0.25) is 0 Å². The van der Waals surface area contributed by atoms with Gasteiger partial charge in [0.2, 0.25) is 0 Å². The second-order valence-corrected chi connectivity index (χ2v) is 5.16. The predicted octanol–water partition coefficient (Wildman–Crippen LogP) is 0.502. The van der Waals surface area contributed by atoms with Crippen molar-refractivity contribution >= 4 is 5.97 Å². The molecule has 0 amide bonds. The van der Waals surface area contributed by atoms with Crippen molar-refractivity contribution in [3.63, 3.8) is 0 Å². The molecule has 0 aromatic heterocycles. The molecule has 1 aliphatic rings. The van der Waals surface area contributed by atoms with Crippen LogP contribution in [0.4, 0.5) is 0 Å². The van der Waals surface area contributed by atoms with Crippen LogP contribution in [0.25, 0.3) is 0 Å². The number of likely N-dealkylation sites (tertiary alicyclic amines) is 1. The third-order valence-electron chi connectivity index (χ3n) is 3.90. The maximum Gasteiger partial charge on any atom is 0.326 e. The number of aliphatic carboxylic acids is 1. The molecule has 1 fully saturated rings. The number of carbonyl (C=O) groups is 1. The number of piperidine rings is 1. The molecule has 0 bridgehead atoms. The number of hydrogen-bond acceptors (Lipinski definition) is 4. The zero-order valence-corrected chi connectivity index (χ0v) is 11.3. The van der Waals surface area contributed by atoms with E-state index in [1.165, 1.54) is 0 Å². The highest BCUT2D eigenvalue weighted by molar-refractivity contribution is 5.78. The van der Waals surface area contributed by atoms with Crippen molar-refractivity contribution in [2.45, 2.75) is 31.3 Å². The van der Waals surface area contributed by atoms with Crippen molar-refractivity contribution < 1.29 is 14.6 Å². The van der Waals surface area contributed by atoms with E-state index >= 15 is 0 Å². The SMILES string of the molecule is COCC(C)(C(=O)O)N(C)C1CCN(C)CC1. The maximum atomic E-state index is 11.4. The first-order chi connectivity index (χ1) is 7.91. The first-order valence-electron chi connectivity index (χ1n) is 6.05. The summed E-state index contributed by atoms with van der Waals surface area (Å²) >= 11 is 0. The van der Waals surface area contributed by atoms with Gasteiger partial charge in [0.1, 0.15) is 5.54 Å². The van der Waals surface area contributed by atoms with E-state index in [-0.39, 0.29) is 6.61 Å². The summed E-state index contributed by atoms with van der Waals surface area (Å²) in [7, 11) is 5.54. The lowest BCUT2D eigenvalue weighted by Crippen LogP contribution is -2.59. The van der Waals surface area contributed by atoms with Crippen LogP contribution < -0.4 is 0 Å². The Hall–Kier alpha value is -0.650. The lowest BCUT2D eigenvalue weighted by Gasteiger charge is -2.43. The van der Waals surface area contributed by atoms with Gasteiger partial charge < -0.3 is 14.7 Å². The van der Waals surface area contributed by atoms with E-state index < -0.39 is 11.5 Å². The fourth-order valence-corrected chi connectivity index (χ4v) is 2.38. The van der Waals surface area contributed by atoms with E-state index in [1.807, 2.05) is 11.9 Å². The Kier molecular flexibility index (Phi) is 4.91. The summed E-state index contributed by atoms with van der Waals surface area (Å²) in [5, 5.41) is 9.38. The second kappa shape index (κ2) is 5.80. The van der Waals surface area contributed by atoms with Gasteiger partial charge in [-0.1, -0.05) is 0 Å². The Bertz CT molecular complexity index is 264. The minimum Gasteiger partial charge on any atom is -0.480 e. The van der Waals surface area contributed by atoms with Gasteiger partial charge in [0.15, 0.2) is 0 Å². The molecule has 1 rings (SSSR count). The molecule has 5 heteroatoms. The van der Waals surface area contributed by atoms with E-state index in [0.717, 1.165) is 25.9 Å². The third-order valence-corrected chi connectivity index (χ3v) is 3.90. The maximum absolute atomic E-state index is 11.4. The highest BCUT2D eigenvalue weighted by Gasteiger charge is 2.41. The van der Waals surface area contributed by atoms with Gasteiger partial charge in [0.25, 0.3) is 0 Å². The molecular weight excluding hydrogens is 220 g/mol. The number of hydrogen-bond donors (Lipinski definition) is 1. The van der Waals surface area contributed by atoms with Gasteiger partial charge in [-0.3, -0.25) is 9.69 Å². The highest BCUT2D eigenvalue weighted by Crippen LogP contribution is 2.23. The number of nitrogens with zero attached hydrogens (tertiary/aromatic N) is 2. The fourth-order valence-electron chi connectivity index (χ4n) is 2.38. The molecule has 1 aliphatic heterocycles. The van der Waals surface area contributed by atoms with E-state index in [9.17, 15) is 9.90 Å². The average molecular weight is 244 g/mol. The van der Waals surface area contributed by atoms with Crippen LogP contribution in [0.3, 0.4) is 0 Å². The quantitative estimate of drug-likeness (QED) is 0.763. The Balaban J connectivity index is 2.71. The van der Waals surface area contributed by atoms with Crippen LogP contribution in [-0.4, -0.2) is 73.4 Å². The highest BCUT2D eigenvalue weighted by atomic mass is 16.5. The Labute approximate surface area is 103 Å². The zero-order valence-electron chi connectivity index (χ0n) is 11.3. The number of likely N-dealkylation sites (N-methyl/N-ethyl adjacent to an activating group) is 1. The molecule has 1 saturated heterocycles. The molecule has 0 aromatic carbocycles. The molecule has 0 aromatic rings. The fraction of sp³-hybridized carbons (Fsp3) is 0.917. The van der Waals surface area contributed by atoms with Crippen LogP contribution in [0.5, 0.6) is 0 Å². The number of rotatable bonds is 5. The smallest absolute Gasteiger partial charge is 0.326 e. The van der Waals surface area contributed by atoms with Gasteiger partial charge in [-0.05, 0) is 47.0 Å². The molecule has 1 unspecified atom stereocenters. The summed E-state index contributed by atoms with van der Waals surface area (Å²) in [6.45, 7) is 4.00. The number of methoxy groups -OCH3 is 1. The Morgan fingerprint density at radius 1 is 1.53 bits per heavy atom. The molecule has 100 valence electrons. The summed E-state index contributed by atoms with van der Waals surface area (Å²) in [4.78, 5) is 15.7. The lowest BCUT2D eigenvalue weighted by molar-refractivity contribution is -0.155. The van der Waals surface area contributed by atoms with Crippen LogP contribution in [0, 0.1) is 0 Å². The van der Waals surface area contributed by atoms with Gasteiger partial charge in [-0.15, -0.1) is 0 Å². The van der Waals surface area contributed by atoms with Crippen molar-refractivity contribution in [2.24, 2.45) is 0 Å². The summed E-state index contributed by atoms with van der Waals surface area (Å²) in [5.41, 5.74) is -0.935. The van der Waals surface area contributed by atoms with Crippen LogP contribution in [0.1, 0.15) is 19.8 Å². The van der Waals surface area contributed by atoms with E-state index in [0.29, 0.717) is 6.04 Å². The normalized spacial score (nSPS) is 22.6. The molecule has 5 nitrogen and oxygen atoms in total. The molecule has 1 heterocycles. The first-order valence-corrected chi connectivity index (χ1v) is 6.05. The van der Waals surface area contributed by atoms with E-state index in [1.54, 1.807) is 14.0 Å². The van der Waals surface area contributed by atoms with Gasteiger partial charge >= 0.3 is 5.97 Å². The van der Waals surface area contributed by atoms with Gasteiger partial charge in [-0.2, -0.15) is 0 Å². The number of ether oxygens (including phenoxy) is 1. The summed E-state index contributed by atoms with van der Waals surface area (Å²) in [6.07, 6.45) is 2.03. The van der Waals surface area contributed by atoms with Gasteiger partial charge in [0.05, 0.1) is 6.61 Å².